The summed E-state index contributed by atoms with van der Waals surface area (Å²) in [5, 5.41) is 15.5. The highest BCUT2D eigenvalue weighted by molar-refractivity contribution is 8.00. The van der Waals surface area contributed by atoms with Crippen LogP contribution >= 0.6 is 11.8 Å². The van der Waals surface area contributed by atoms with E-state index in [1.807, 2.05) is 30.3 Å². The number of nitrogens with zero attached hydrogens (tertiary/aromatic N) is 5. The smallest absolute Gasteiger partial charge is 0.339 e. The fourth-order valence-electron chi connectivity index (χ4n) is 3.06. The summed E-state index contributed by atoms with van der Waals surface area (Å²) in [6, 6.07) is 17.9. The van der Waals surface area contributed by atoms with Gasteiger partial charge in [-0.3, -0.25) is 4.79 Å². The number of methoxy groups -OCH3 is 1. The zero-order valence-corrected chi connectivity index (χ0v) is 21.7. The molecule has 0 aliphatic carbocycles. The summed E-state index contributed by atoms with van der Waals surface area (Å²) in [4.78, 5) is 12.3. The zero-order chi connectivity index (χ0) is 27.1. The van der Waals surface area contributed by atoms with Crippen molar-refractivity contribution in [1.82, 2.24) is 25.6 Å². The van der Waals surface area contributed by atoms with E-state index in [4.69, 9.17) is 8.92 Å². The highest BCUT2D eigenvalue weighted by Crippen LogP contribution is 2.30. The highest BCUT2D eigenvalue weighted by atomic mass is 32.2. The molecule has 196 valence electrons. The number of hydrogen-bond acceptors (Lipinski definition) is 10. The highest BCUT2D eigenvalue weighted by Gasteiger charge is 2.20. The zero-order valence-electron chi connectivity index (χ0n) is 20.1. The molecule has 0 aliphatic heterocycles. The third-order valence-electron chi connectivity index (χ3n) is 4.97. The molecule has 38 heavy (non-hydrogen) atoms. The number of hydrogen-bond donors (Lipinski definition) is 1. The van der Waals surface area contributed by atoms with Gasteiger partial charge in [-0.1, -0.05) is 30.0 Å². The van der Waals surface area contributed by atoms with Gasteiger partial charge in [0.1, 0.15) is 10.7 Å². The van der Waals surface area contributed by atoms with Gasteiger partial charge in [-0.15, -0.1) is 5.10 Å². The van der Waals surface area contributed by atoms with Gasteiger partial charge in [0.05, 0.1) is 24.3 Å². The van der Waals surface area contributed by atoms with Crippen LogP contribution in [0.3, 0.4) is 0 Å². The van der Waals surface area contributed by atoms with Gasteiger partial charge >= 0.3 is 10.1 Å². The van der Waals surface area contributed by atoms with Crippen molar-refractivity contribution >= 4 is 34.0 Å². The second-order valence-corrected chi connectivity index (χ2v) is 10.5. The quantitative estimate of drug-likeness (QED) is 0.135. The van der Waals surface area contributed by atoms with Gasteiger partial charge in [0.2, 0.25) is 5.16 Å². The molecule has 11 nitrogen and oxygen atoms in total. The molecule has 0 spiro atoms. The lowest BCUT2D eigenvalue weighted by molar-refractivity contribution is -0.120. The van der Waals surface area contributed by atoms with E-state index in [1.54, 1.807) is 6.92 Å². The number of benzene rings is 3. The molecule has 1 heterocycles. The number of ether oxygens (including phenoxy) is 1. The Labute approximate surface area is 221 Å². The average Bonchev–Trinajstić information content (AvgIpc) is 3.38. The maximum absolute atomic E-state index is 13.1. The molecule has 0 aliphatic rings. The number of rotatable bonds is 10. The second kappa shape index (κ2) is 11.8. The summed E-state index contributed by atoms with van der Waals surface area (Å²) in [5.74, 6) is -0.911. The Bertz CT molecular complexity index is 1550. The molecule has 1 atom stereocenters. The van der Waals surface area contributed by atoms with Gasteiger partial charge in [0.15, 0.2) is 11.5 Å². The molecular formula is C24H21FN6O5S2. The van der Waals surface area contributed by atoms with Crippen molar-refractivity contribution in [2.24, 2.45) is 5.10 Å². The number of aromatic nitrogens is 4. The third kappa shape index (κ3) is 6.52. The Balaban J connectivity index is 1.38. The van der Waals surface area contributed by atoms with Crippen LogP contribution in [0.15, 0.2) is 87.9 Å². The molecular weight excluding hydrogens is 535 g/mol. The van der Waals surface area contributed by atoms with E-state index in [0.29, 0.717) is 10.7 Å². The van der Waals surface area contributed by atoms with Crippen LogP contribution < -0.4 is 14.3 Å². The molecule has 14 heteroatoms. The number of halogens is 1. The molecule has 4 aromatic rings. The van der Waals surface area contributed by atoms with Crippen LogP contribution in [0.1, 0.15) is 12.5 Å². The SMILES string of the molecule is COc1cc(/C=N/NC(=O)C(C)Sc2nnnn2-c2ccccc2)ccc1OS(=O)(=O)c1ccc(F)cc1. The number of hydrazone groups is 1. The summed E-state index contributed by atoms with van der Waals surface area (Å²) in [5.41, 5.74) is 3.72. The summed E-state index contributed by atoms with van der Waals surface area (Å²) in [6.45, 7) is 1.69. The van der Waals surface area contributed by atoms with Crippen molar-refractivity contribution in [2.75, 3.05) is 7.11 Å². The Kier molecular flexibility index (Phi) is 8.33. The number of tetrazole rings is 1. The fraction of sp³-hybridized carbons (Fsp3) is 0.125. The van der Waals surface area contributed by atoms with Gasteiger partial charge < -0.3 is 8.92 Å². The van der Waals surface area contributed by atoms with E-state index in [1.165, 1.54) is 36.2 Å². The Hall–Kier alpha value is -4.30. The van der Waals surface area contributed by atoms with Gasteiger partial charge in [-0.2, -0.15) is 18.2 Å². The number of nitrogens with one attached hydrogen (secondary N) is 1. The van der Waals surface area contributed by atoms with Crippen molar-refractivity contribution < 1.29 is 26.5 Å². The summed E-state index contributed by atoms with van der Waals surface area (Å²) < 4.78 is 50.1. The molecule has 0 bridgehead atoms. The lowest BCUT2D eigenvalue weighted by Crippen LogP contribution is -2.27. The van der Waals surface area contributed by atoms with Crippen molar-refractivity contribution in [3.63, 3.8) is 0 Å². The van der Waals surface area contributed by atoms with E-state index in [2.05, 4.69) is 26.1 Å². The number of amides is 1. The Morgan fingerprint density at radius 3 is 2.55 bits per heavy atom. The van der Waals surface area contributed by atoms with Crippen molar-refractivity contribution in [2.45, 2.75) is 22.2 Å². The largest absolute Gasteiger partial charge is 0.493 e. The molecule has 1 amide bonds. The molecule has 4 rings (SSSR count). The first-order valence-corrected chi connectivity index (χ1v) is 13.3. The van der Waals surface area contributed by atoms with Crippen molar-refractivity contribution in [3.8, 4) is 17.2 Å². The molecule has 0 radical (unpaired) electrons. The van der Waals surface area contributed by atoms with Crippen LogP contribution in [0.5, 0.6) is 11.5 Å². The van der Waals surface area contributed by atoms with Crippen LogP contribution in [-0.2, 0) is 14.9 Å². The van der Waals surface area contributed by atoms with Crippen LogP contribution in [0.4, 0.5) is 4.39 Å². The first kappa shape index (κ1) is 26.8. The molecule has 1 unspecified atom stereocenters. The standard InChI is InChI=1S/C24H21FN6O5S2/c1-16(37-24-28-29-30-31(24)19-6-4-3-5-7-19)23(32)27-26-15-17-8-13-21(22(14-17)35-2)36-38(33,34)20-11-9-18(25)10-12-20/h3-16H,1-2H3,(H,27,32)/b26-15+. The number of para-hydroxylation sites is 1. The third-order valence-corrected chi connectivity index (χ3v) is 7.25. The maximum Gasteiger partial charge on any atom is 0.339 e. The minimum absolute atomic E-state index is 0.0702. The lowest BCUT2D eigenvalue weighted by atomic mass is 10.2. The van der Waals surface area contributed by atoms with Gasteiger partial charge in [0, 0.05) is 0 Å². The van der Waals surface area contributed by atoms with Crippen LogP contribution in [0.2, 0.25) is 0 Å². The lowest BCUT2D eigenvalue weighted by Gasteiger charge is -2.11. The second-order valence-electron chi connectivity index (χ2n) is 7.60. The number of thioether (sulfide) groups is 1. The Morgan fingerprint density at radius 2 is 1.84 bits per heavy atom. The van der Waals surface area contributed by atoms with Gasteiger partial charge in [-0.05, 0) is 77.5 Å². The molecule has 1 N–H and O–H groups in total. The molecule has 0 saturated carbocycles. The van der Waals surface area contributed by atoms with E-state index in [0.717, 1.165) is 41.7 Å². The summed E-state index contributed by atoms with van der Waals surface area (Å²) in [7, 11) is -2.87. The topological polar surface area (TPSA) is 138 Å². The van der Waals surface area contributed by atoms with Crippen LogP contribution in [0.25, 0.3) is 5.69 Å². The van der Waals surface area contributed by atoms with E-state index >= 15 is 0 Å². The van der Waals surface area contributed by atoms with Crippen LogP contribution in [0, 0.1) is 5.82 Å². The predicted octanol–water partition coefficient (Wildman–Crippen LogP) is 3.21. The minimum atomic E-state index is -4.21. The van der Waals surface area contributed by atoms with E-state index < -0.39 is 21.2 Å². The van der Waals surface area contributed by atoms with Crippen LogP contribution in [-0.4, -0.2) is 53.1 Å². The molecule has 0 fully saturated rings. The maximum atomic E-state index is 13.1. The van der Waals surface area contributed by atoms with Crippen molar-refractivity contribution in [1.29, 1.82) is 0 Å². The van der Waals surface area contributed by atoms with E-state index in [9.17, 15) is 17.6 Å². The number of carbonyl (C=O) groups is 1. The molecule has 0 saturated heterocycles. The monoisotopic (exact) mass is 556 g/mol. The average molecular weight is 557 g/mol. The Morgan fingerprint density at radius 1 is 1.11 bits per heavy atom. The normalized spacial score (nSPS) is 12.3. The first-order valence-electron chi connectivity index (χ1n) is 11.0. The fourth-order valence-corrected chi connectivity index (χ4v) is 4.80. The van der Waals surface area contributed by atoms with Gasteiger partial charge in [0.25, 0.3) is 5.91 Å². The molecule has 3 aromatic carbocycles. The predicted molar refractivity (Wildman–Crippen MR) is 137 cm³/mol. The van der Waals surface area contributed by atoms with Gasteiger partial charge in [-0.25, -0.2) is 9.82 Å². The molecule has 1 aromatic heterocycles. The minimum Gasteiger partial charge on any atom is -0.493 e. The summed E-state index contributed by atoms with van der Waals surface area (Å²) in [6.07, 6.45) is 1.37. The first-order chi connectivity index (χ1) is 18.3. The number of carbonyl (C=O) groups excluding carboxylic acids is 1. The summed E-state index contributed by atoms with van der Waals surface area (Å²) >= 11 is 1.16. The van der Waals surface area contributed by atoms with Crippen molar-refractivity contribution in [3.05, 3.63) is 84.2 Å². The van der Waals surface area contributed by atoms with E-state index in [-0.39, 0.29) is 22.3 Å².